The zero-order chi connectivity index (χ0) is 11.1. The van der Waals surface area contributed by atoms with Crippen molar-refractivity contribution in [1.82, 2.24) is 4.90 Å². The van der Waals surface area contributed by atoms with Crippen LogP contribution >= 0.6 is 11.6 Å². The van der Waals surface area contributed by atoms with E-state index in [1.165, 1.54) is 12.8 Å². The van der Waals surface area contributed by atoms with Crippen molar-refractivity contribution in [1.29, 1.82) is 0 Å². The van der Waals surface area contributed by atoms with Crippen molar-refractivity contribution >= 4 is 17.5 Å². The Labute approximate surface area is 95.9 Å². The van der Waals surface area contributed by atoms with Gasteiger partial charge >= 0.3 is 0 Å². The second-order valence-corrected chi connectivity index (χ2v) is 5.54. The van der Waals surface area contributed by atoms with Gasteiger partial charge in [0.25, 0.3) is 0 Å². The fourth-order valence-electron chi connectivity index (χ4n) is 3.02. The first-order valence-corrected chi connectivity index (χ1v) is 6.20. The van der Waals surface area contributed by atoms with E-state index in [-0.39, 0.29) is 11.9 Å². The minimum Gasteiger partial charge on any atom is -0.341 e. The summed E-state index contributed by atoms with van der Waals surface area (Å²) in [6, 6.07) is -0.357. The predicted octanol–water partition coefficient (Wildman–Crippen LogP) is 1.20. The SMILES string of the molecule is CC(N)C(=O)N1CCC2(CC(CCl)C2)C1. The summed E-state index contributed by atoms with van der Waals surface area (Å²) in [6.07, 6.45) is 3.53. The van der Waals surface area contributed by atoms with Crippen LogP contribution in [-0.4, -0.2) is 35.8 Å². The Morgan fingerprint density at radius 3 is 2.87 bits per heavy atom. The maximum absolute atomic E-state index is 11.7. The summed E-state index contributed by atoms with van der Waals surface area (Å²) in [6.45, 7) is 3.55. The van der Waals surface area contributed by atoms with E-state index in [0.717, 1.165) is 25.4 Å². The van der Waals surface area contributed by atoms with Crippen molar-refractivity contribution < 1.29 is 4.79 Å². The lowest BCUT2D eigenvalue weighted by molar-refractivity contribution is -0.132. The maximum atomic E-state index is 11.7. The van der Waals surface area contributed by atoms with Crippen LogP contribution in [0.15, 0.2) is 0 Å². The number of nitrogens with zero attached hydrogens (tertiary/aromatic N) is 1. The summed E-state index contributed by atoms with van der Waals surface area (Å²) in [5, 5.41) is 0. The van der Waals surface area contributed by atoms with Crippen LogP contribution < -0.4 is 5.73 Å². The molecule has 0 bridgehead atoms. The second kappa shape index (κ2) is 3.95. The van der Waals surface area contributed by atoms with Crippen LogP contribution in [0.25, 0.3) is 0 Å². The van der Waals surface area contributed by atoms with Gasteiger partial charge < -0.3 is 10.6 Å². The molecule has 1 unspecified atom stereocenters. The molecule has 2 fully saturated rings. The minimum atomic E-state index is -0.357. The molecule has 1 spiro atoms. The van der Waals surface area contributed by atoms with Crippen molar-refractivity contribution in [2.45, 2.75) is 32.2 Å². The van der Waals surface area contributed by atoms with Gasteiger partial charge in [-0.25, -0.2) is 0 Å². The largest absolute Gasteiger partial charge is 0.341 e. The molecule has 0 radical (unpaired) electrons. The van der Waals surface area contributed by atoms with Crippen LogP contribution in [0.2, 0.25) is 0 Å². The van der Waals surface area contributed by atoms with Crippen molar-refractivity contribution in [3.63, 3.8) is 0 Å². The smallest absolute Gasteiger partial charge is 0.239 e. The number of likely N-dealkylation sites (tertiary alicyclic amines) is 1. The van der Waals surface area contributed by atoms with Gasteiger partial charge in [0.2, 0.25) is 5.91 Å². The molecule has 4 heteroatoms. The Kier molecular flexibility index (Phi) is 2.95. The van der Waals surface area contributed by atoms with Gasteiger partial charge in [-0.2, -0.15) is 0 Å². The van der Waals surface area contributed by atoms with Gasteiger partial charge in [-0.3, -0.25) is 4.79 Å². The van der Waals surface area contributed by atoms with Crippen molar-refractivity contribution in [3.8, 4) is 0 Å². The molecular formula is C11H19ClN2O. The number of carbonyl (C=O) groups excluding carboxylic acids is 1. The quantitative estimate of drug-likeness (QED) is 0.725. The zero-order valence-electron chi connectivity index (χ0n) is 9.21. The number of carbonyl (C=O) groups is 1. The molecule has 15 heavy (non-hydrogen) atoms. The van der Waals surface area contributed by atoms with Gasteiger partial charge in [-0.1, -0.05) is 0 Å². The van der Waals surface area contributed by atoms with E-state index in [0.29, 0.717) is 11.3 Å². The summed E-state index contributed by atoms with van der Waals surface area (Å²) in [7, 11) is 0. The number of amides is 1. The molecule has 0 aromatic rings. The molecule has 0 aromatic heterocycles. The monoisotopic (exact) mass is 230 g/mol. The summed E-state index contributed by atoms with van der Waals surface area (Å²) < 4.78 is 0. The molecule has 2 rings (SSSR count). The van der Waals surface area contributed by atoms with E-state index in [4.69, 9.17) is 17.3 Å². The van der Waals surface area contributed by atoms with Crippen LogP contribution in [0.3, 0.4) is 0 Å². The number of hydrogen-bond acceptors (Lipinski definition) is 2. The third-order valence-electron chi connectivity index (χ3n) is 3.80. The highest BCUT2D eigenvalue weighted by Crippen LogP contribution is 2.51. The molecule has 1 aliphatic carbocycles. The van der Waals surface area contributed by atoms with E-state index < -0.39 is 0 Å². The van der Waals surface area contributed by atoms with Crippen LogP contribution in [0.4, 0.5) is 0 Å². The van der Waals surface area contributed by atoms with Gasteiger partial charge in [-0.15, -0.1) is 11.6 Å². The van der Waals surface area contributed by atoms with E-state index in [2.05, 4.69) is 0 Å². The van der Waals surface area contributed by atoms with E-state index >= 15 is 0 Å². The fraction of sp³-hybridized carbons (Fsp3) is 0.909. The number of alkyl halides is 1. The van der Waals surface area contributed by atoms with E-state index in [1.807, 2.05) is 4.90 Å². The van der Waals surface area contributed by atoms with Crippen LogP contribution in [-0.2, 0) is 4.79 Å². The number of halogens is 1. The van der Waals surface area contributed by atoms with Crippen molar-refractivity contribution in [3.05, 3.63) is 0 Å². The molecular weight excluding hydrogens is 212 g/mol. The predicted molar refractivity (Wildman–Crippen MR) is 60.7 cm³/mol. The number of hydrogen-bond donors (Lipinski definition) is 1. The molecule has 1 amide bonds. The first kappa shape index (κ1) is 11.2. The Hall–Kier alpha value is -0.280. The lowest BCUT2D eigenvalue weighted by Gasteiger charge is -2.44. The van der Waals surface area contributed by atoms with Gasteiger partial charge in [0.15, 0.2) is 0 Å². The summed E-state index contributed by atoms with van der Waals surface area (Å²) in [5.74, 6) is 1.54. The highest BCUT2D eigenvalue weighted by atomic mass is 35.5. The third-order valence-corrected chi connectivity index (χ3v) is 4.24. The molecule has 1 heterocycles. The lowest BCUT2D eigenvalue weighted by Crippen LogP contribution is -2.45. The summed E-state index contributed by atoms with van der Waals surface area (Å²) in [5.41, 5.74) is 6.00. The molecule has 2 aliphatic rings. The Morgan fingerprint density at radius 2 is 2.33 bits per heavy atom. The average molecular weight is 231 g/mol. The average Bonchev–Trinajstić information content (AvgIpc) is 2.58. The van der Waals surface area contributed by atoms with Crippen LogP contribution in [0, 0.1) is 11.3 Å². The molecule has 1 aliphatic heterocycles. The van der Waals surface area contributed by atoms with Gasteiger partial charge in [0.1, 0.15) is 0 Å². The molecule has 0 aromatic carbocycles. The molecule has 2 N–H and O–H groups in total. The fourth-order valence-corrected chi connectivity index (χ4v) is 3.24. The van der Waals surface area contributed by atoms with Gasteiger partial charge in [0.05, 0.1) is 6.04 Å². The number of rotatable bonds is 2. The van der Waals surface area contributed by atoms with Crippen LogP contribution in [0.5, 0.6) is 0 Å². The summed E-state index contributed by atoms with van der Waals surface area (Å²) in [4.78, 5) is 13.6. The summed E-state index contributed by atoms with van der Waals surface area (Å²) >= 11 is 5.81. The van der Waals surface area contributed by atoms with Gasteiger partial charge in [-0.05, 0) is 37.5 Å². The Bertz CT molecular complexity index is 261. The van der Waals surface area contributed by atoms with Crippen molar-refractivity contribution in [2.24, 2.45) is 17.1 Å². The van der Waals surface area contributed by atoms with Crippen LogP contribution in [0.1, 0.15) is 26.2 Å². The second-order valence-electron chi connectivity index (χ2n) is 5.23. The minimum absolute atomic E-state index is 0.0983. The first-order chi connectivity index (χ1) is 7.06. The zero-order valence-corrected chi connectivity index (χ0v) is 9.96. The maximum Gasteiger partial charge on any atom is 0.239 e. The molecule has 86 valence electrons. The highest BCUT2D eigenvalue weighted by Gasteiger charge is 2.48. The van der Waals surface area contributed by atoms with E-state index in [1.54, 1.807) is 6.92 Å². The van der Waals surface area contributed by atoms with Crippen molar-refractivity contribution in [2.75, 3.05) is 19.0 Å². The molecule has 1 atom stereocenters. The third kappa shape index (κ3) is 2.00. The Morgan fingerprint density at radius 1 is 1.67 bits per heavy atom. The number of nitrogens with two attached hydrogens (primary N) is 1. The highest BCUT2D eigenvalue weighted by molar-refractivity contribution is 6.18. The molecule has 1 saturated carbocycles. The normalized spacial score (nSPS) is 36.7. The standard InChI is InChI=1S/C11H19ClN2O/c1-8(13)10(15)14-3-2-11(7-14)4-9(5-11)6-12/h8-9H,2-7,13H2,1H3. The van der Waals surface area contributed by atoms with E-state index in [9.17, 15) is 4.79 Å². The Balaban J connectivity index is 1.88. The lowest BCUT2D eigenvalue weighted by atomic mass is 9.62. The van der Waals surface area contributed by atoms with Gasteiger partial charge in [0, 0.05) is 19.0 Å². The first-order valence-electron chi connectivity index (χ1n) is 5.67. The topological polar surface area (TPSA) is 46.3 Å². The molecule has 1 saturated heterocycles. The molecule has 3 nitrogen and oxygen atoms in total.